The van der Waals surface area contributed by atoms with Gasteiger partial charge < -0.3 is 5.32 Å². The first kappa shape index (κ1) is 13.9. The van der Waals surface area contributed by atoms with E-state index in [1.165, 1.54) is 0 Å². The minimum Gasteiger partial charge on any atom is -0.315 e. The van der Waals surface area contributed by atoms with Crippen LogP contribution in [-0.4, -0.2) is 55.8 Å². The van der Waals surface area contributed by atoms with Gasteiger partial charge in [0.25, 0.3) is 10.2 Å². The van der Waals surface area contributed by atoms with E-state index < -0.39 is 10.2 Å². The van der Waals surface area contributed by atoms with Gasteiger partial charge in [0.1, 0.15) is 0 Å². The molecular weight excluding hydrogens is 226 g/mol. The summed E-state index contributed by atoms with van der Waals surface area (Å²) in [6, 6.07) is 0.0196. The van der Waals surface area contributed by atoms with Crippen molar-refractivity contribution in [2.45, 2.75) is 33.2 Å². The Hall–Kier alpha value is -0.170. The number of hydrogen-bond donors (Lipinski definition) is 1. The monoisotopic (exact) mass is 249 g/mol. The fourth-order valence-electron chi connectivity index (χ4n) is 1.99. The minimum atomic E-state index is -3.27. The Morgan fingerprint density at radius 1 is 1.31 bits per heavy atom. The Bertz CT molecular complexity index is 295. The molecule has 1 rings (SSSR count). The zero-order chi connectivity index (χ0) is 12.2. The van der Waals surface area contributed by atoms with E-state index >= 15 is 0 Å². The number of nitrogens with zero attached hydrogens (tertiary/aromatic N) is 2. The minimum absolute atomic E-state index is 0.0196. The highest BCUT2D eigenvalue weighted by Crippen LogP contribution is 2.13. The fraction of sp³-hybridized carbons (Fsp3) is 1.00. The summed E-state index contributed by atoms with van der Waals surface area (Å²) in [5, 5.41) is 3.21. The van der Waals surface area contributed by atoms with E-state index in [1.54, 1.807) is 8.61 Å². The largest absolute Gasteiger partial charge is 0.315 e. The van der Waals surface area contributed by atoms with E-state index in [1.807, 2.05) is 20.8 Å². The zero-order valence-corrected chi connectivity index (χ0v) is 11.3. The summed E-state index contributed by atoms with van der Waals surface area (Å²) < 4.78 is 27.8. The molecule has 0 radical (unpaired) electrons. The first-order chi connectivity index (χ1) is 7.50. The molecule has 0 saturated carbocycles. The maximum absolute atomic E-state index is 12.3. The summed E-state index contributed by atoms with van der Waals surface area (Å²) in [5.74, 6) is 0. The summed E-state index contributed by atoms with van der Waals surface area (Å²) in [5.41, 5.74) is 0. The van der Waals surface area contributed by atoms with Crippen LogP contribution in [0.1, 0.15) is 27.2 Å². The van der Waals surface area contributed by atoms with Crippen molar-refractivity contribution in [2.75, 3.05) is 32.7 Å². The maximum Gasteiger partial charge on any atom is 0.282 e. The van der Waals surface area contributed by atoms with Gasteiger partial charge >= 0.3 is 0 Å². The van der Waals surface area contributed by atoms with Crippen molar-refractivity contribution in [3.8, 4) is 0 Å². The zero-order valence-electron chi connectivity index (χ0n) is 10.4. The summed E-state index contributed by atoms with van der Waals surface area (Å²) in [6.07, 6.45) is 0.884. The molecule has 0 bridgehead atoms. The van der Waals surface area contributed by atoms with Gasteiger partial charge in [-0.2, -0.15) is 17.0 Å². The van der Waals surface area contributed by atoms with Crippen molar-refractivity contribution in [1.29, 1.82) is 0 Å². The Morgan fingerprint density at radius 3 is 2.56 bits per heavy atom. The van der Waals surface area contributed by atoms with Crippen LogP contribution in [0.15, 0.2) is 0 Å². The third-order valence-electron chi connectivity index (χ3n) is 2.81. The van der Waals surface area contributed by atoms with Gasteiger partial charge in [-0.15, -0.1) is 0 Å². The summed E-state index contributed by atoms with van der Waals surface area (Å²) in [4.78, 5) is 0. The van der Waals surface area contributed by atoms with Crippen molar-refractivity contribution in [2.24, 2.45) is 0 Å². The third-order valence-corrected chi connectivity index (χ3v) is 5.10. The van der Waals surface area contributed by atoms with E-state index in [9.17, 15) is 8.42 Å². The van der Waals surface area contributed by atoms with Crippen molar-refractivity contribution >= 4 is 10.2 Å². The second-order valence-corrected chi connectivity index (χ2v) is 6.19. The van der Waals surface area contributed by atoms with E-state index in [4.69, 9.17) is 0 Å². The topological polar surface area (TPSA) is 52.7 Å². The van der Waals surface area contributed by atoms with Crippen LogP contribution < -0.4 is 5.32 Å². The van der Waals surface area contributed by atoms with Crippen LogP contribution in [0.2, 0.25) is 0 Å². The van der Waals surface area contributed by atoms with E-state index in [2.05, 4.69) is 5.32 Å². The van der Waals surface area contributed by atoms with Crippen molar-refractivity contribution < 1.29 is 8.42 Å². The molecule has 0 unspecified atom stereocenters. The lowest BCUT2D eigenvalue weighted by atomic mass is 10.4. The standard InChI is InChI=1S/C10H23N3O2S/c1-4-13(10(2)3)16(14,15)12-8-5-6-11-7-9-12/h10-11H,4-9H2,1-3H3. The molecule has 1 N–H and O–H groups in total. The van der Waals surface area contributed by atoms with Gasteiger partial charge in [0.2, 0.25) is 0 Å². The molecule has 16 heavy (non-hydrogen) atoms. The van der Waals surface area contributed by atoms with Gasteiger partial charge in [0, 0.05) is 32.2 Å². The molecule has 1 aliphatic rings. The fourth-order valence-corrected chi connectivity index (χ4v) is 3.83. The highest BCUT2D eigenvalue weighted by Gasteiger charge is 2.30. The lowest BCUT2D eigenvalue weighted by Gasteiger charge is -2.30. The number of hydrogen-bond acceptors (Lipinski definition) is 3. The molecule has 1 heterocycles. The van der Waals surface area contributed by atoms with Crippen LogP contribution in [0.4, 0.5) is 0 Å². The van der Waals surface area contributed by atoms with E-state index in [-0.39, 0.29) is 6.04 Å². The predicted molar refractivity (Wildman–Crippen MR) is 65.5 cm³/mol. The molecule has 0 aromatic carbocycles. The molecular formula is C10H23N3O2S. The van der Waals surface area contributed by atoms with Crippen LogP contribution in [0.3, 0.4) is 0 Å². The summed E-state index contributed by atoms with van der Waals surface area (Å²) in [6.45, 7) is 9.09. The van der Waals surface area contributed by atoms with Crippen LogP contribution in [0, 0.1) is 0 Å². The highest BCUT2D eigenvalue weighted by atomic mass is 32.2. The first-order valence-corrected chi connectivity index (χ1v) is 7.37. The van der Waals surface area contributed by atoms with Gasteiger partial charge in [-0.05, 0) is 26.8 Å². The lowest BCUT2D eigenvalue weighted by molar-refractivity contribution is 0.317. The van der Waals surface area contributed by atoms with E-state index in [0.29, 0.717) is 19.6 Å². The highest BCUT2D eigenvalue weighted by molar-refractivity contribution is 7.86. The van der Waals surface area contributed by atoms with Gasteiger partial charge in [0.05, 0.1) is 0 Å². The molecule has 0 atom stereocenters. The second-order valence-electron chi connectivity index (χ2n) is 4.31. The average Bonchev–Trinajstić information content (AvgIpc) is 2.45. The molecule has 0 aromatic rings. The van der Waals surface area contributed by atoms with Crippen molar-refractivity contribution in [1.82, 2.24) is 13.9 Å². The second kappa shape index (κ2) is 5.95. The normalized spacial score (nSPS) is 20.3. The van der Waals surface area contributed by atoms with Crippen molar-refractivity contribution in [3.63, 3.8) is 0 Å². The van der Waals surface area contributed by atoms with Gasteiger partial charge in [-0.3, -0.25) is 0 Å². The molecule has 1 fully saturated rings. The van der Waals surface area contributed by atoms with Crippen LogP contribution in [-0.2, 0) is 10.2 Å². The first-order valence-electron chi connectivity index (χ1n) is 5.97. The number of rotatable bonds is 4. The predicted octanol–water partition coefficient (Wildman–Crippen LogP) is 0.257. The van der Waals surface area contributed by atoms with Crippen LogP contribution in [0.5, 0.6) is 0 Å². The lowest BCUT2D eigenvalue weighted by Crippen LogP contribution is -2.47. The summed E-state index contributed by atoms with van der Waals surface area (Å²) >= 11 is 0. The summed E-state index contributed by atoms with van der Waals surface area (Å²) in [7, 11) is -3.27. The van der Waals surface area contributed by atoms with Crippen LogP contribution >= 0.6 is 0 Å². The molecule has 1 aliphatic heterocycles. The van der Waals surface area contributed by atoms with Gasteiger partial charge in [-0.1, -0.05) is 6.92 Å². The van der Waals surface area contributed by atoms with Crippen molar-refractivity contribution in [3.05, 3.63) is 0 Å². The average molecular weight is 249 g/mol. The number of nitrogens with one attached hydrogen (secondary N) is 1. The molecule has 0 aromatic heterocycles. The molecule has 5 nitrogen and oxygen atoms in total. The molecule has 1 saturated heterocycles. The Morgan fingerprint density at radius 2 is 2.00 bits per heavy atom. The molecule has 0 aliphatic carbocycles. The Balaban J connectivity index is 2.81. The third kappa shape index (κ3) is 3.16. The van der Waals surface area contributed by atoms with E-state index in [0.717, 1.165) is 19.5 Å². The SMILES string of the molecule is CCN(C(C)C)S(=O)(=O)N1CCCNCC1. The smallest absolute Gasteiger partial charge is 0.282 e. The molecule has 96 valence electrons. The molecule has 0 spiro atoms. The van der Waals surface area contributed by atoms with Gasteiger partial charge in [-0.25, -0.2) is 0 Å². The quantitative estimate of drug-likeness (QED) is 0.777. The van der Waals surface area contributed by atoms with Gasteiger partial charge in [0.15, 0.2) is 0 Å². The molecule has 0 amide bonds. The Labute approximate surface area is 99.0 Å². The van der Waals surface area contributed by atoms with Crippen LogP contribution in [0.25, 0.3) is 0 Å². The maximum atomic E-state index is 12.3. The Kier molecular flexibility index (Phi) is 5.17. The molecule has 6 heteroatoms.